The number of likely N-dealkylation sites (tertiary alicyclic amines) is 1. The molecule has 2 amide bonds. The quantitative estimate of drug-likeness (QED) is 0.797. The number of nitrogens with zero attached hydrogens (tertiary/aromatic N) is 3. The molecular weight excluding hydrogens is 358 g/mol. The highest BCUT2D eigenvalue weighted by Crippen LogP contribution is 2.17. The molecule has 0 saturated carbocycles. The van der Waals surface area contributed by atoms with Crippen LogP contribution >= 0.6 is 11.3 Å². The van der Waals surface area contributed by atoms with Crippen LogP contribution in [0.25, 0.3) is 0 Å². The molecule has 2 aromatic rings. The molecule has 2 fully saturated rings. The van der Waals surface area contributed by atoms with Gasteiger partial charge in [-0.15, -0.1) is 0 Å². The number of carbonyl (C=O) groups is 2. The van der Waals surface area contributed by atoms with Gasteiger partial charge in [0.1, 0.15) is 0 Å². The minimum Gasteiger partial charge on any atom is -0.338 e. The molecule has 27 heavy (non-hydrogen) atoms. The van der Waals surface area contributed by atoms with E-state index in [4.69, 9.17) is 0 Å². The maximum absolute atomic E-state index is 12.9. The molecule has 6 heteroatoms. The molecule has 4 rings (SSSR count). The van der Waals surface area contributed by atoms with Crippen molar-refractivity contribution in [2.24, 2.45) is 0 Å². The lowest BCUT2D eigenvalue weighted by Gasteiger charge is -2.34. The van der Waals surface area contributed by atoms with E-state index in [2.05, 4.69) is 21.7 Å². The van der Waals surface area contributed by atoms with Gasteiger partial charge in [0.25, 0.3) is 5.91 Å². The van der Waals surface area contributed by atoms with Crippen molar-refractivity contribution in [3.8, 4) is 0 Å². The van der Waals surface area contributed by atoms with Crippen molar-refractivity contribution >= 4 is 23.2 Å². The minimum absolute atomic E-state index is 0.0970. The predicted molar refractivity (Wildman–Crippen MR) is 107 cm³/mol. The van der Waals surface area contributed by atoms with Gasteiger partial charge in [0.2, 0.25) is 5.91 Å². The normalized spacial score (nSPS) is 18.3. The Bertz CT molecular complexity index is 798. The summed E-state index contributed by atoms with van der Waals surface area (Å²) >= 11 is 1.73. The fourth-order valence-corrected chi connectivity index (χ4v) is 4.49. The first-order chi connectivity index (χ1) is 13.2. The molecule has 0 N–H and O–H groups in total. The van der Waals surface area contributed by atoms with Gasteiger partial charge in [0.15, 0.2) is 0 Å². The van der Waals surface area contributed by atoms with Gasteiger partial charge < -0.3 is 9.80 Å². The number of hydrogen-bond donors (Lipinski definition) is 0. The SMILES string of the molecule is O=C1CCCN1Cc1cccc(C(=O)N2CCN(Cc3ccsc3)CC2)c1. The molecule has 2 saturated heterocycles. The summed E-state index contributed by atoms with van der Waals surface area (Å²) in [5.41, 5.74) is 3.11. The van der Waals surface area contributed by atoms with Crippen molar-refractivity contribution in [2.45, 2.75) is 25.9 Å². The van der Waals surface area contributed by atoms with Crippen molar-refractivity contribution in [2.75, 3.05) is 32.7 Å². The molecule has 0 aliphatic carbocycles. The highest BCUT2D eigenvalue weighted by atomic mass is 32.1. The first kappa shape index (κ1) is 18.2. The van der Waals surface area contributed by atoms with Crippen LogP contribution in [0.4, 0.5) is 0 Å². The highest BCUT2D eigenvalue weighted by molar-refractivity contribution is 7.07. The molecule has 0 unspecified atom stereocenters. The standard InChI is InChI=1S/C21H25N3O2S/c25-20-5-2-7-24(20)15-17-3-1-4-19(13-17)21(26)23-10-8-22(9-11-23)14-18-6-12-27-16-18/h1,3-4,6,12-13,16H,2,5,7-11,14-15H2. The second kappa shape index (κ2) is 8.23. The average molecular weight is 384 g/mol. The average Bonchev–Trinajstić information content (AvgIpc) is 3.34. The van der Waals surface area contributed by atoms with Crippen molar-refractivity contribution < 1.29 is 9.59 Å². The monoisotopic (exact) mass is 383 g/mol. The molecule has 3 heterocycles. The van der Waals surface area contributed by atoms with Gasteiger partial charge in [-0.3, -0.25) is 14.5 Å². The summed E-state index contributed by atoms with van der Waals surface area (Å²) in [7, 11) is 0. The summed E-state index contributed by atoms with van der Waals surface area (Å²) in [4.78, 5) is 31.0. The Labute approximate surface area is 164 Å². The number of rotatable bonds is 5. The largest absolute Gasteiger partial charge is 0.338 e. The zero-order valence-electron chi connectivity index (χ0n) is 15.5. The summed E-state index contributed by atoms with van der Waals surface area (Å²) < 4.78 is 0. The third kappa shape index (κ3) is 4.39. The number of hydrogen-bond acceptors (Lipinski definition) is 4. The van der Waals surface area contributed by atoms with E-state index in [9.17, 15) is 9.59 Å². The van der Waals surface area contributed by atoms with Crippen LogP contribution in [0.2, 0.25) is 0 Å². The van der Waals surface area contributed by atoms with E-state index >= 15 is 0 Å². The van der Waals surface area contributed by atoms with E-state index < -0.39 is 0 Å². The Balaban J connectivity index is 1.34. The summed E-state index contributed by atoms with van der Waals surface area (Å²) in [6.45, 7) is 5.73. The Morgan fingerprint density at radius 3 is 2.56 bits per heavy atom. The zero-order valence-corrected chi connectivity index (χ0v) is 16.3. The molecule has 2 aliphatic rings. The van der Waals surface area contributed by atoms with Crippen molar-refractivity contribution in [3.63, 3.8) is 0 Å². The van der Waals surface area contributed by atoms with E-state index in [1.807, 2.05) is 34.1 Å². The summed E-state index contributed by atoms with van der Waals surface area (Å²) in [5, 5.41) is 4.30. The Morgan fingerprint density at radius 2 is 1.85 bits per heavy atom. The van der Waals surface area contributed by atoms with Crippen LogP contribution in [-0.2, 0) is 17.9 Å². The van der Waals surface area contributed by atoms with Crippen LogP contribution < -0.4 is 0 Å². The van der Waals surface area contributed by atoms with E-state index in [-0.39, 0.29) is 11.8 Å². The highest BCUT2D eigenvalue weighted by Gasteiger charge is 2.23. The fraction of sp³-hybridized carbons (Fsp3) is 0.429. The molecule has 1 aromatic carbocycles. The first-order valence-corrected chi connectivity index (χ1v) is 10.5. The lowest BCUT2D eigenvalue weighted by Crippen LogP contribution is -2.48. The molecule has 2 aliphatic heterocycles. The zero-order chi connectivity index (χ0) is 18.6. The van der Waals surface area contributed by atoms with Gasteiger partial charge in [-0.2, -0.15) is 11.3 Å². The first-order valence-electron chi connectivity index (χ1n) is 9.58. The molecule has 0 radical (unpaired) electrons. The molecule has 142 valence electrons. The Morgan fingerprint density at radius 1 is 1.00 bits per heavy atom. The van der Waals surface area contributed by atoms with Crippen LogP contribution in [0, 0.1) is 0 Å². The van der Waals surface area contributed by atoms with E-state index in [1.54, 1.807) is 11.3 Å². The number of piperazine rings is 1. The smallest absolute Gasteiger partial charge is 0.253 e. The van der Waals surface area contributed by atoms with Gasteiger partial charge in [-0.25, -0.2) is 0 Å². The van der Waals surface area contributed by atoms with E-state index in [0.717, 1.165) is 56.8 Å². The van der Waals surface area contributed by atoms with Gasteiger partial charge in [0, 0.05) is 57.8 Å². The number of thiophene rings is 1. The van der Waals surface area contributed by atoms with Crippen LogP contribution in [-0.4, -0.2) is 59.2 Å². The molecule has 1 aromatic heterocycles. The lowest BCUT2D eigenvalue weighted by molar-refractivity contribution is -0.128. The number of benzene rings is 1. The summed E-state index contributed by atoms with van der Waals surface area (Å²) in [6.07, 6.45) is 1.58. The molecule has 0 bridgehead atoms. The van der Waals surface area contributed by atoms with Gasteiger partial charge in [-0.05, 0) is 46.5 Å². The molecule has 0 spiro atoms. The van der Waals surface area contributed by atoms with Crippen molar-refractivity contribution in [1.29, 1.82) is 0 Å². The van der Waals surface area contributed by atoms with Gasteiger partial charge in [-0.1, -0.05) is 12.1 Å². The van der Waals surface area contributed by atoms with E-state index in [0.29, 0.717) is 13.0 Å². The second-order valence-corrected chi connectivity index (χ2v) is 8.10. The third-order valence-electron chi connectivity index (χ3n) is 5.36. The Hall–Kier alpha value is -2.18. The van der Waals surface area contributed by atoms with Gasteiger partial charge >= 0.3 is 0 Å². The molecular formula is C21H25N3O2S. The molecule has 0 atom stereocenters. The number of carbonyl (C=O) groups excluding carboxylic acids is 2. The van der Waals surface area contributed by atoms with Crippen LogP contribution in [0.5, 0.6) is 0 Å². The fourth-order valence-electron chi connectivity index (χ4n) is 3.83. The second-order valence-electron chi connectivity index (χ2n) is 7.32. The van der Waals surface area contributed by atoms with Gasteiger partial charge in [0.05, 0.1) is 0 Å². The summed E-state index contributed by atoms with van der Waals surface area (Å²) in [5.74, 6) is 0.313. The maximum Gasteiger partial charge on any atom is 0.253 e. The van der Waals surface area contributed by atoms with Crippen molar-refractivity contribution in [1.82, 2.24) is 14.7 Å². The van der Waals surface area contributed by atoms with E-state index in [1.165, 1.54) is 5.56 Å². The predicted octanol–water partition coefficient (Wildman–Crippen LogP) is 2.83. The van der Waals surface area contributed by atoms with Crippen LogP contribution in [0.15, 0.2) is 41.1 Å². The Kier molecular flexibility index (Phi) is 5.55. The summed E-state index contributed by atoms with van der Waals surface area (Å²) in [6, 6.07) is 9.93. The van der Waals surface area contributed by atoms with Crippen molar-refractivity contribution in [3.05, 3.63) is 57.8 Å². The number of amides is 2. The van der Waals surface area contributed by atoms with Crippen LogP contribution in [0.3, 0.4) is 0 Å². The molecule has 5 nitrogen and oxygen atoms in total. The topological polar surface area (TPSA) is 43.9 Å². The van der Waals surface area contributed by atoms with Crippen LogP contribution in [0.1, 0.15) is 34.3 Å². The minimum atomic E-state index is 0.0970. The third-order valence-corrected chi connectivity index (χ3v) is 6.10. The lowest BCUT2D eigenvalue weighted by atomic mass is 10.1. The maximum atomic E-state index is 12.9.